The Morgan fingerprint density at radius 3 is 2.88 bits per heavy atom. The maximum absolute atomic E-state index is 5.94. The second-order valence-electron chi connectivity index (χ2n) is 3.44. The molecule has 0 aliphatic carbocycles. The summed E-state index contributed by atoms with van der Waals surface area (Å²) < 4.78 is 1.67. The molecule has 3 N–H and O–H groups in total. The molecule has 0 spiro atoms. The fraction of sp³-hybridized carbons (Fsp3) is 0.200. The van der Waals surface area contributed by atoms with Crippen molar-refractivity contribution in [1.82, 2.24) is 20.4 Å². The Labute approximate surface area is 98.2 Å². The quantitative estimate of drug-likeness (QED) is 0.618. The second-order valence-corrected chi connectivity index (χ2v) is 3.87. The summed E-state index contributed by atoms with van der Waals surface area (Å²) in [6.45, 7) is 0. The molecule has 1 heterocycles. The van der Waals surface area contributed by atoms with Gasteiger partial charge in [0.05, 0.1) is 17.9 Å². The van der Waals surface area contributed by atoms with Gasteiger partial charge >= 0.3 is 0 Å². The minimum absolute atomic E-state index is 0.168. The highest BCUT2D eigenvalue weighted by Gasteiger charge is 2.16. The van der Waals surface area contributed by atoms with Gasteiger partial charge in [-0.2, -0.15) is 0 Å². The number of hydrogen-bond acceptors (Lipinski definition) is 4. The molecule has 1 aromatic heterocycles. The molecule has 1 aromatic carbocycles. The van der Waals surface area contributed by atoms with Crippen LogP contribution in [-0.4, -0.2) is 15.0 Å². The molecule has 1 unspecified atom stereocenters. The van der Waals surface area contributed by atoms with Crippen LogP contribution < -0.4 is 11.3 Å². The Balaban J connectivity index is 2.40. The minimum atomic E-state index is -0.168. The first kappa shape index (κ1) is 11.1. The molecule has 0 saturated heterocycles. The van der Waals surface area contributed by atoms with E-state index in [-0.39, 0.29) is 6.04 Å². The summed E-state index contributed by atoms with van der Waals surface area (Å²) in [5.74, 6) is 5.55. The van der Waals surface area contributed by atoms with Crippen LogP contribution >= 0.6 is 11.6 Å². The lowest BCUT2D eigenvalue weighted by molar-refractivity contribution is 0.570. The lowest BCUT2D eigenvalue weighted by atomic mass is 10.1. The van der Waals surface area contributed by atoms with E-state index >= 15 is 0 Å². The Morgan fingerprint density at radius 2 is 2.31 bits per heavy atom. The Kier molecular flexibility index (Phi) is 3.19. The third kappa shape index (κ3) is 2.06. The van der Waals surface area contributed by atoms with Crippen LogP contribution in [0, 0.1) is 0 Å². The molecule has 0 amide bonds. The molecular formula is C10H12ClN5. The van der Waals surface area contributed by atoms with Crippen molar-refractivity contribution < 1.29 is 0 Å². The van der Waals surface area contributed by atoms with Crippen molar-refractivity contribution in [1.29, 1.82) is 0 Å². The standard InChI is InChI=1S/C10H12ClN5/c1-16-9(6-13-15-16)10(14-12)7-3-2-4-8(11)5-7/h2-6,10,14H,12H2,1H3. The van der Waals surface area contributed by atoms with Gasteiger partial charge in [-0.05, 0) is 17.7 Å². The monoisotopic (exact) mass is 237 g/mol. The maximum atomic E-state index is 5.94. The van der Waals surface area contributed by atoms with Crippen LogP contribution in [0.3, 0.4) is 0 Å². The minimum Gasteiger partial charge on any atom is -0.271 e. The lowest BCUT2D eigenvalue weighted by Gasteiger charge is -2.15. The molecular weight excluding hydrogens is 226 g/mol. The van der Waals surface area contributed by atoms with Gasteiger partial charge in [0.1, 0.15) is 0 Å². The zero-order valence-corrected chi connectivity index (χ0v) is 9.52. The van der Waals surface area contributed by atoms with Crippen LogP contribution in [0.25, 0.3) is 0 Å². The Morgan fingerprint density at radius 1 is 1.50 bits per heavy atom. The molecule has 0 aliphatic rings. The average Bonchev–Trinajstić information content (AvgIpc) is 2.67. The fourth-order valence-corrected chi connectivity index (χ4v) is 1.80. The number of nitrogens with two attached hydrogens (primary N) is 1. The van der Waals surface area contributed by atoms with Crippen molar-refractivity contribution in [2.75, 3.05) is 0 Å². The normalized spacial score (nSPS) is 12.7. The van der Waals surface area contributed by atoms with Gasteiger partial charge in [-0.3, -0.25) is 10.5 Å². The van der Waals surface area contributed by atoms with E-state index in [2.05, 4.69) is 15.7 Å². The smallest absolute Gasteiger partial charge is 0.0895 e. The van der Waals surface area contributed by atoms with E-state index in [4.69, 9.17) is 17.4 Å². The molecule has 0 bridgehead atoms. The highest BCUT2D eigenvalue weighted by atomic mass is 35.5. The predicted molar refractivity (Wildman–Crippen MR) is 61.6 cm³/mol. The van der Waals surface area contributed by atoms with Gasteiger partial charge < -0.3 is 0 Å². The summed E-state index contributed by atoms with van der Waals surface area (Å²) in [6.07, 6.45) is 1.67. The molecule has 5 nitrogen and oxygen atoms in total. The van der Waals surface area contributed by atoms with E-state index in [1.54, 1.807) is 10.9 Å². The van der Waals surface area contributed by atoms with Gasteiger partial charge in [-0.15, -0.1) is 5.10 Å². The summed E-state index contributed by atoms with van der Waals surface area (Å²) >= 11 is 5.94. The van der Waals surface area contributed by atoms with E-state index in [1.165, 1.54) is 0 Å². The molecule has 0 radical (unpaired) electrons. The topological polar surface area (TPSA) is 68.8 Å². The van der Waals surface area contributed by atoms with E-state index in [0.717, 1.165) is 11.3 Å². The van der Waals surface area contributed by atoms with E-state index in [0.29, 0.717) is 5.02 Å². The van der Waals surface area contributed by atoms with Gasteiger partial charge in [0, 0.05) is 12.1 Å². The second kappa shape index (κ2) is 4.61. The zero-order chi connectivity index (χ0) is 11.5. The van der Waals surface area contributed by atoms with E-state index in [1.807, 2.05) is 31.3 Å². The third-order valence-corrected chi connectivity index (χ3v) is 2.63. The average molecular weight is 238 g/mol. The number of nitrogens with zero attached hydrogens (tertiary/aromatic N) is 3. The van der Waals surface area contributed by atoms with Crippen LogP contribution in [-0.2, 0) is 7.05 Å². The molecule has 0 saturated carbocycles. The van der Waals surface area contributed by atoms with Gasteiger partial charge in [-0.1, -0.05) is 28.9 Å². The number of halogens is 1. The van der Waals surface area contributed by atoms with Crippen molar-refractivity contribution >= 4 is 11.6 Å². The number of aryl methyl sites for hydroxylation is 1. The zero-order valence-electron chi connectivity index (χ0n) is 8.76. The van der Waals surface area contributed by atoms with Crippen LogP contribution in [0.15, 0.2) is 30.5 Å². The number of rotatable bonds is 3. The maximum Gasteiger partial charge on any atom is 0.0895 e. The third-order valence-electron chi connectivity index (χ3n) is 2.39. The van der Waals surface area contributed by atoms with Gasteiger partial charge in [0.15, 0.2) is 0 Å². The highest BCUT2D eigenvalue weighted by molar-refractivity contribution is 6.30. The number of nitrogens with one attached hydrogen (secondary N) is 1. The fourth-order valence-electron chi connectivity index (χ4n) is 1.60. The number of hydrogen-bond donors (Lipinski definition) is 2. The molecule has 0 fully saturated rings. The van der Waals surface area contributed by atoms with Crippen molar-refractivity contribution in [2.24, 2.45) is 12.9 Å². The summed E-state index contributed by atoms with van der Waals surface area (Å²) in [5.41, 5.74) is 4.58. The van der Waals surface area contributed by atoms with E-state index < -0.39 is 0 Å². The number of aromatic nitrogens is 3. The van der Waals surface area contributed by atoms with Gasteiger partial charge in [-0.25, -0.2) is 5.43 Å². The molecule has 2 aromatic rings. The Hall–Kier alpha value is -1.43. The SMILES string of the molecule is Cn1nncc1C(NN)c1cccc(Cl)c1. The highest BCUT2D eigenvalue weighted by Crippen LogP contribution is 2.22. The first-order valence-corrected chi connectivity index (χ1v) is 5.16. The van der Waals surface area contributed by atoms with Crippen molar-refractivity contribution in [3.05, 3.63) is 46.7 Å². The number of benzene rings is 1. The summed E-state index contributed by atoms with van der Waals surface area (Å²) in [4.78, 5) is 0. The molecule has 2 rings (SSSR count). The summed E-state index contributed by atoms with van der Waals surface area (Å²) in [7, 11) is 1.82. The Bertz CT molecular complexity index is 482. The first-order chi connectivity index (χ1) is 7.72. The summed E-state index contributed by atoms with van der Waals surface area (Å²) in [5, 5.41) is 8.37. The molecule has 0 aliphatic heterocycles. The predicted octanol–water partition coefficient (Wildman–Crippen LogP) is 1.02. The van der Waals surface area contributed by atoms with Crippen molar-refractivity contribution in [3.63, 3.8) is 0 Å². The largest absolute Gasteiger partial charge is 0.271 e. The summed E-state index contributed by atoms with van der Waals surface area (Å²) in [6, 6.07) is 7.34. The molecule has 6 heteroatoms. The van der Waals surface area contributed by atoms with Gasteiger partial charge in [0.2, 0.25) is 0 Å². The van der Waals surface area contributed by atoms with Gasteiger partial charge in [0.25, 0.3) is 0 Å². The van der Waals surface area contributed by atoms with E-state index in [9.17, 15) is 0 Å². The van der Waals surface area contributed by atoms with Crippen molar-refractivity contribution in [2.45, 2.75) is 6.04 Å². The van der Waals surface area contributed by atoms with Crippen LogP contribution in [0.2, 0.25) is 5.02 Å². The first-order valence-electron chi connectivity index (χ1n) is 4.78. The number of hydrazine groups is 1. The molecule has 84 valence electrons. The molecule has 1 atom stereocenters. The van der Waals surface area contributed by atoms with Crippen LogP contribution in [0.5, 0.6) is 0 Å². The lowest BCUT2D eigenvalue weighted by Crippen LogP contribution is -2.30. The van der Waals surface area contributed by atoms with Crippen LogP contribution in [0.1, 0.15) is 17.3 Å². The molecule has 16 heavy (non-hydrogen) atoms. The van der Waals surface area contributed by atoms with Crippen LogP contribution in [0.4, 0.5) is 0 Å². The van der Waals surface area contributed by atoms with Crippen molar-refractivity contribution in [3.8, 4) is 0 Å².